The molecule has 77 heavy (non-hydrogen) atoms. The number of carbonyl (C=O) groups excluding carboxylic acids is 6. The van der Waals surface area contributed by atoms with E-state index in [2.05, 4.69) is 79.0 Å². The predicted molar refractivity (Wildman–Crippen MR) is 315 cm³/mol. The van der Waals surface area contributed by atoms with Crippen molar-refractivity contribution in [3.05, 3.63) is 87.4 Å². The van der Waals surface area contributed by atoms with Gasteiger partial charge in [0.05, 0.1) is 24.6 Å². The summed E-state index contributed by atoms with van der Waals surface area (Å²) in [7, 11) is 5.37. The van der Waals surface area contributed by atoms with Gasteiger partial charge in [-0.2, -0.15) is 0 Å². The molecule has 1 aromatic heterocycles. The highest BCUT2D eigenvalue weighted by atomic mass is 32.1. The van der Waals surface area contributed by atoms with Gasteiger partial charge in [-0.3, -0.25) is 28.8 Å². The van der Waals surface area contributed by atoms with Crippen molar-refractivity contribution >= 4 is 46.7 Å². The number of likely N-dealkylation sites (N-methyl/N-ethyl adjacent to an activating group) is 2. The highest BCUT2D eigenvalue weighted by Gasteiger charge is 2.44. The Hall–Kier alpha value is -4.99. The standard InChI is InChI=1S/C20H36N4O3.C14H15NOS.C10H19N3O2.C10H12.C6H12.C2H6/c1-13(2)15-10-16(19(21)26)24(11-15)20(27)18(14-8-6-5-7-9-14)22-17(25)12-23(3)4;1-3-10(2)11-5-4-6-12(7-11)14(16)13-8-17-9-15-13;1-8(11-2)10(15)12-7-9(14)13-5-3-4-6-13;1-2-6-10-8-4-3-7-9(10)5-1;1-2-4-6-5-3-1;1-2/h13-16,18H,5-12H2,1-4H3,(H2,21,26)(H,22,25);4-10H,3H2,1-2H3;8,11H,3-7H2,1-2H3,(H,12,15);1-2,5-6H,3-4,7-8H2;1-6H2;1-2H3. The molecule has 14 nitrogen and oxygen atoms in total. The first-order chi connectivity index (χ1) is 37.0. The lowest BCUT2D eigenvalue weighted by Gasteiger charge is -2.34. The van der Waals surface area contributed by atoms with E-state index < -0.39 is 18.0 Å². The Kier molecular flexibility index (Phi) is 31.8. The fraction of sp³-hybridized carbons (Fsp3) is 0.661. The molecule has 2 aromatic carbocycles. The Bertz CT molecular complexity index is 2150. The maximum Gasteiger partial charge on any atom is 0.246 e. The first-order valence-corrected chi connectivity index (χ1v) is 30.3. The molecule has 3 aromatic rings. The van der Waals surface area contributed by atoms with Crippen molar-refractivity contribution in [3.8, 4) is 0 Å². The normalized spacial score (nSPS) is 19.0. The van der Waals surface area contributed by atoms with Gasteiger partial charge in [0.1, 0.15) is 17.8 Å². The van der Waals surface area contributed by atoms with E-state index in [1.54, 1.807) is 50.7 Å². The van der Waals surface area contributed by atoms with Crippen molar-refractivity contribution in [1.82, 2.24) is 35.6 Å². The number of aryl methyl sites for hydroxylation is 2. The predicted octanol–water partition coefficient (Wildman–Crippen LogP) is 10.1. The maximum atomic E-state index is 13.4. The summed E-state index contributed by atoms with van der Waals surface area (Å²) in [6.07, 6.45) is 23.4. The number of carbonyl (C=O) groups is 6. The van der Waals surface area contributed by atoms with E-state index in [0.29, 0.717) is 30.5 Å². The second-order valence-corrected chi connectivity index (χ2v) is 22.6. The molecule has 3 aliphatic carbocycles. The number of primary amides is 1. The average Bonchev–Trinajstić information content (AvgIpc) is 4.30. The number of amides is 5. The Balaban J connectivity index is 0.000000269. The van der Waals surface area contributed by atoms with Crippen LogP contribution >= 0.6 is 11.3 Å². The molecule has 2 saturated carbocycles. The molecule has 5 N–H and O–H groups in total. The third-order valence-electron chi connectivity index (χ3n) is 15.5. The van der Waals surface area contributed by atoms with Gasteiger partial charge in [0.15, 0.2) is 0 Å². The monoisotopic (exact) mass is 1080 g/mol. The maximum absolute atomic E-state index is 13.4. The van der Waals surface area contributed by atoms with Crippen LogP contribution in [0.25, 0.3) is 0 Å². The number of benzene rings is 2. The van der Waals surface area contributed by atoms with E-state index in [9.17, 15) is 28.8 Å². The zero-order valence-electron chi connectivity index (χ0n) is 49.0. The smallest absolute Gasteiger partial charge is 0.246 e. The summed E-state index contributed by atoms with van der Waals surface area (Å²) in [5.41, 5.74) is 12.9. The van der Waals surface area contributed by atoms with Crippen LogP contribution in [0.5, 0.6) is 0 Å². The number of rotatable bonds is 15. The molecular formula is C62H100N8O6S. The summed E-state index contributed by atoms with van der Waals surface area (Å²) in [4.78, 5) is 82.1. The van der Waals surface area contributed by atoms with Gasteiger partial charge in [-0.15, -0.1) is 11.3 Å². The van der Waals surface area contributed by atoms with Crippen molar-refractivity contribution in [2.24, 2.45) is 23.5 Å². The molecule has 4 fully saturated rings. The average molecular weight is 1090 g/mol. The minimum Gasteiger partial charge on any atom is -0.368 e. The van der Waals surface area contributed by atoms with Crippen molar-refractivity contribution in [1.29, 1.82) is 0 Å². The fourth-order valence-electron chi connectivity index (χ4n) is 10.4. The summed E-state index contributed by atoms with van der Waals surface area (Å²) in [5, 5.41) is 10.2. The van der Waals surface area contributed by atoms with Crippen LogP contribution in [-0.2, 0) is 36.8 Å². The molecule has 0 bridgehead atoms. The summed E-state index contributed by atoms with van der Waals surface area (Å²) >= 11 is 1.45. The Morgan fingerprint density at radius 1 is 0.779 bits per heavy atom. The number of hydrogen-bond donors (Lipinski definition) is 4. The Morgan fingerprint density at radius 2 is 1.36 bits per heavy atom. The van der Waals surface area contributed by atoms with Crippen molar-refractivity contribution < 1.29 is 28.8 Å². The van der Waals surface area contributed by atoms with E-state index in [1.165, 1.54) is 87.5 Å². The lowest BCUT2D eigenvalue weighted by Crippen LogP contribution is -2.56. The zero-order chi connectivity index (χ0) is 56.7. The van der Waals surface area contributed by atoms with Gasteiger partial charge in [-0.25, -0.2) is 4.98 Å². The minimum atomic E-state index is -0.568. The Morgan fingerprint density at radius 3 is 1.87 bits per heavy atom. The molecule has 2 saturated heterocycles. The molecule has 5 atom stereocenters. The molecule has 0 spiro atoms. The summed E-state index contributed by atoms with van der Waals surface area (Å²) < 4.78 is 0. The van der Waals surface area contributed by atoms with Gasteiger partial charge >= 0.3 is 0 Å². The first-order valence-electron chi connectivity index (χ1n) is 29.4. The lowest BCUT2D eigenvalue weighted by molar-refractivity contribution is -0.142. The van der Waals surface area contributed by atoms with Gasteiger partial charge in [0, 0.05) is 30.6 Å². The number of nitrogens with zero attached hydrogens (tertiary/aromatic N) is 4. The number of fused-ring (bicyclic) bond motifs is 1. The van der Waals surface area contributed by atoms with Gasteiger partial charge in [0.25, 0.3) is 0 Å². The third-order valence-corrected chi connectivity index (χ3v) is 16.1. The molecule has 2 aliphatic heterocycles. The minimum absolute atomic E-state index is 0.0106. The van der Waals surface area contributed by atoms with E-state index in [0.717, 1.165) is 63.6 Å². The van der Waals surface area contributed by atoms with E-state index >= 15 is 0 Å². The quantitative estimate of drug-likeness (QED) is 0.107. The summed E-state index contributed by atoms with van der Waals surface area (Å²) in [5.74, 6) is 0.401. The van der Waals surface area contributed by atoms with Crippen LogP contribution in [0.3, 0.4) is 0 Å². The number of thiazole rings is 1. The summed E-state index contributed by atoms with van der Waals surface area (Å²) in [6, 6.07) is 15.3. The lowest BCUT2D eigenvalue weighted by atomic mass is 9.83. The SMILES string of the molecule is C1CCCCC1.CC.CC(C)C1CC(C(N)=O)N(C(=O)C(NC(=O)CN(C)C)C2CCCCC2)C1.CCC(C)c1cccc(C(=O)c2cscn2)c1.CNC(C)C(=O)NCC(=O)N1CCCC1.c1ccc2c(c1)CCCC2. The van der Waals surface area contributed by atoms with E-state index in [1.807, 2.05) is 46.1 Å². The zero-order valence-corrected chi connectivity index (χ0v) is 49.8. The van der Waals surface area contributed by atoms with Gasteiger partial charge in [-0.05, 0) is 139 Å². The molecule has 8 rings (SSSR count). The number of aromatic nitrogens is 1. The van der Waals surface area contributed by atoms with Gasteiger partial charge in [-0.1, -0.05) is 142 Å². The second kappa shape index (κ2) is 37.0. The molecule has 5 unspecified atom stereocenters. The van der Waals surface area contributed by atoms with Crippen molar-refractivity contribution in [2.45, 2.75) is 195 Å². The van der Waals surface area contributed by atoms with E-state index in [-0.39, 0.29) is 60.4 Å². The summed E-state index contributed by atoms with van der Waals surface area (Å²) in [6.45, 7) is 16.8. The van der Waals surface area contributed by atoms with Gasteiger partial charge in [0.2, 0.25) is 35.3 Å². The highest BCUT2D eigenvalue weighted by Crippen LogP contribution is 2.33. The molecule has 0 radical (unpaired) electrons. The van der Waals surface area contributed by atoms with Crippen molar-refractivity contribution in [2.75, 3.05) is 53.9 Å². The molecular weight excluding hydrogens is 985 g/mol. The third kappa shape index (κ3) is 23.5. The first kappa shape index (κ1) is 66.3. The van der Waals surface area contributed by atoms with E-state index in [4.69, 9.17) is 5.73 Å². The molecule has 3 heterocycles. The molecule has 430 valence electrons. The molecule has 5 amide bonds. The van der Waals surface area contributed by atoms with Crippen LogP contribution in [0.1, 0.15) is 196 Å². The highest BCUT2D eigenvalue weighted by molar-refractivity contribution is 7.07. The van der Waals surface area contributed by atoms with Crippen LogP contribution in [0.15, 0.2) is 59.4 Å². The number of nitrogens with one attached hydrogen (secondary N) is 3. The van der Waals surface area contributed by atoms with Crippen LogP contribution in [0.2, 0.25) is 0 Å². The Labute approximate surface area is 468 Å². The fourth-order valence-corrected chi connectivity index (χ4v) is 10.9. The largest absolute Gasteiger partial charge is 0.368 e. The number of likely N-dealkylation sites (tertiary alicyclic amines) is 2. The molecule has 5 aliphatic rings. The van der Waals surface area contributed by atoms with Crippen LogP contribution in [-0.4, -0.2) is 127 Å². The van der Waals surface area contributed by atoms with Crippen LogP contribution in [0.4, 0.5) is 0 Å². The number of hydrogen-bond acceptors (Lipinski definition) is 10. The number of nitrogens with two attached hydrogens (primary N) is 1. The topological polar surface area (TPSA) is 187 Å². The van der Waals surface area contributed by atoms with Gasteiger partial charge < -0.3 is 36.4 Å². The van der Waals surface area contributed by atoms with Crippen LogP contribution in [0, 0.1) is 17.8 Å². The van der Waals surface area contributed by atoms with Crippen LogP contribution < -0.4 is 21.7 Å². The number of ketones is 1. The molecule has 15 heteroatoms. The second-order valence-electron chi connectivity index (χ2n) is 21.9. The van der Waals surface area contributed by atoms with Crippen molar-refractivity contribution in [3.63, 3.8) is 0 Å².